The van der Waals surface area contributed by atoms with Crippen molar-refractivity contribution in [3.63, 3.8) is 0 Å². The van der Waals surface area contributed by atoms with E-state index in [4.69, 9.17) is 9.84 Å². The first kappa shape index (κ1) is 14.3. The van der Waals surface area contributed by atoms with Crippen LogP contribution < -0.4 is 4.74 Å². The molecule has 1 fully saturated rings. The van der Waals surface area contributed by atoms with Crippen molar-refractivity contribution in [2.45, 2.75) is 12.8 Å². The van der Waals surface area contributed by atoms with E-state index >= 15 is 0 Å². The number of aliphatic carboxylic acids is 1. The molecule has 1 aromatic carbocycles. The Morgan fingerprint density at radius 3 is 2.80 bits per heavy atom. The van der Waals surface area contributed by atoms with Crippen LogP contribution >= 0.6 is 0 Å². The van der Waals surface area contributed by atoms with Gasteiger partial charge in [-0.1, -0.05) is 0 Å². The van der Waals surface area contributed by atoms with Crippen LogP contribution in [0.2, 0.25) is 0 Å². The Labute approximate surface area is 116 Å². The molecule has 1 amide bonds. The fraction of sp³-hybridized carbons (Fsp3) is 0.429. The average molecular weight is 281 g/mol. The van der Waals surface area contributed by atoms with Crippen LogP contribution in [-0.4, -0.2) is 42.1 Å². The second kappa shape index (κ2) is 5.90. The first-order valence-corrected chi connectivity index (χ1v) is 6.38. The molecule has 1 N–H and O–H groups in total. The number of methoxy groups -OCH3 is 1. The number of carbonyl (C=O) groups excluding carboxylic acids is 1. The lowest BCUT2D eigenvalue weighted by Crippen LogP contribution is -2.42. The number of amides is 1. The highest BCUT2D eigenvalue weighted by molar-refractivity contribution is 5.94. The van der Waals surface area contributed by atoms with Gasteiger partial charge in [-0.05, 0) is 31.0 Å². The summed E-state index contributed by atoms with van der Waals surface area (Å²) in [5.74, 6) is -2.33. The molecule has 1 aliphatic rings. The number of ether oxygens (including phenoxy) is 1. The molecular formula is C14H16FNO4. The third kappa shape index (κ3) is 2.89. The zero-order valence-electron chi connectivity index (χ0n) is 11.1. The Kier molecular flexibility index (Phi) is 4.22. The second-order valence-electron chi connectivity index (χ2n) is 4.78. The van der Waals surface area contributed by atoms with Gasteiger partial charge in [-0.3, -0.25) is 9.59 Å². The molecule has 0 unspecified atom stereocenters. The van der Waals surface area contributed by atoms with Crippen LogP contribution in [0, 0.1) is 11.7 Å². The van der Waals surface area contributed by atoms with Crippen LogP contribution in [-0.2, 0) is 4.79 Å². The zero-order valence-corrected chi connectivity index (χ0v) is 11.1. The van der Waals surface area contributed by atoms with Crippen molar-refractivity contribution < 1.29 is 23.8 Å². The fourth-order valence-corrected chi connectivity index (χ4v) is 2.35. The fourth-order valence-electron chi connectivity index (χ4n) is 2.35. The minimum absolute atomic E-state index is 0.0728. The van der Waals surface area contributed by atoms with E-state index in [2.05, 4.69) is 0 Å². The van der Waals surface area contributed by atoms with Gasteiger partial charge in [-0.25, -0.2) is 4.39 Å². The summed E-state index contributed by atoms with van der Waals surface area (Å²) in [5, 5.41) is 9.01. The third-order valence-electron chi connectivity index (χ3n) is 3.46. The van der Waals surface area contributed by atoms with E-state index in [0.717, 1.165) is 6.07 Å². The summed E-state index contributed by atoms with van der Waals surface area (Å²) in [6.45, 7) is 0.665. The summed E-state index contributed by atoms with van der Waals surface area (Å²) >= 11 is 0. The number of carbonyl (C=O) groups is 2. The molecule has 0 spiro atoms. The summed E-state index contributed by atoms with van der Waals surface area (Å²) in [6.07, 6.45) is 1.21. The van der Waals surface area contributed by atoms with Crippen molar-refractivity contribution in [2.24, 2.45) is 5.92 Å². The average Bonchev–Trinajstić information content (AvgIpc) is 2.46. The molecule has 0 radical (unpaired) electrons. The van der Waals surface area contributed by atoms with Gasteiger partial charge in [-0.2, -0.15) is 0 Å². The molecule has 1 heterocycles. The maximum atomic E-state index is 13.6. The maximum Gasteiger partial charge on any atom is 0.308 e. The van der Waals surface area contributed by atoms with E-state index in [1.54, 1.807) is 0 Å². The van der Waals surface area contributed by atoms with Gasteiger partial charge in [0.15, 0.2) is 11.6 Å². The Morgan fingerprint density at radius 2 is 2.20 bits per heavy atom. The molecule has 2 rings (SSSR count). The van der Waals surface area contributed by atoms with E-state index in [0.29, 0.717) is 19.4 Å². The van der Waals surface area contributed by atoms with Gasteiger partial charge in [0.2, 0.25) is 0 Å². The number of nitrogens with zero attached hydrogens (tertiary/aromatic N) is 1. The Bertz CT molecular complexity index is 532. The van der Waals surface area contributed by atoms with Gasteiger partial charge >= 0.3 is 5.97 Å². The third-order valence-corrected chi connectivity index (χ3v) is 3.46. The van der Waals surface area contributed by atoms with Crippen molar-refractivity contribution in [3.05, 3.63) is 29.6 Å². The largest absolute Gasteiger partial charge is 0.494 e. The summed E-state index contributed by atoms with van der Waals surface area (Å²) in [6, 6.07) is 3.99. The van der Waals surface area contributed by atoms with Gasteiger partial charge in [0, 0.05) is 18.7 Å². The highest BCUT2D eigenvalue weighted by Gasteiger charge is 2.28. The first-order chi connectivity index (χ1) is 9.52. The van der Waals surface area contributed by atoms with Crippen molar-refractivity contribution in [3.8, 4) is 5.75 Å². The SMILES string of the molecule is COc1ccc(C(=O)N2CCC[C@@H](C(=O)O)C2)cc1F. The Morgan fingerprint density at radius 1 is 1.45 bits per heavy atom. The monoisotopic (exact) mass is 281 g/mol. The molecule has 1 aliphatic heterocycles. The molecule has 0 aromatic heterocycles. The van der Waals surface area contributed by atoms with Gasteiger partial charge in [0.25, 0.3) is 5.91 Å². The van der Waals surface area contributed by atoms with Crippen molar-refractivity contribution in [1.29, 1.82) is 0 Å². The molecule has 0 saturated carbocycles. The molecule has 6 heteroatoms. The number of hydrogen-bond acceptors (Lipinski definition) is 3. The highest BCUT2D eigenvalue weighted by atomic mass is 19.1. The van der Waals surface area contributed by atoms with E-state index in [1.165, 1.54) is 24.1 Å². The lowest BCUT2D eigenvalue weighted by molar-refractivity contribution is -0.143. The molecule has 1 atom stereocenters. The van der Waals surface area contributed by atoms with Gasteiger partial charge in [-0.15, -0.1) is 0 Å². The summed E-state index contributed by atoms with van der Waals surface area (Å²) < 4.78 is 18.4. The molecule has 108 valence electrons. The van der Waals surface area contributed by atoms with Crippen molar-refractivity contribution in [1.82, 2.24) is 4.90 Å². The Hall–Kier alpha value is -2.11. The molecule has 5 nitrogen and oxygen atoms in total. The van der Waals surface area contributed by atoms with E-state index in [9.17, 15) is 14.0 Å². The molecule has 20 heavy (non-hydrogen) atoms. The minimum Gasteiger partial charge on any atom is -0.494 e. The topological polar surface area (TPSA) is 66.8 Å². The van der Waals surface area contributed by atoms with E-state index in [1.807, 2.05) is 0 Å². The van der Waals surface area contributed by atoms with E-state index < -0.39 is 17.7 Å². The second-order valence-corrected chi connectivity index (χ2v) is 4.78. The number of halogens is 1. The molecule has 1 saturated heterocycles. The van der Waals surface area contributed by atoms with Gasteiger partial charge in [0.05, 0.1) is 13.0 Å². The number of rotatable bonds is 3. The van der Waals surface area contributed by atoms with Crippen LogP contribution in [0.15, 0.2) is 18.2 Å². The number of hydrogen-bond donors (Lipinski definition) is 1. The molecule has 0 aliphatic carbocycles. The quantitative estimate of drug-likeness (QED) is 0.917. The lowest BCUT2D eigenvalue weighted by Gasteiger charge is -2.30. The van der Waals surface area contributed by atoms with E-state index in [-0.39, 0.29) is 23.8 Å². The van der Waals surface area contributed by atoms with Crippen LogP contribution in [0.1, 0.15) is 23.2 Å². The predicted molar refractivity (Wildman–Crippen MR) is 69.2 cm³/mol. The number of likely N-dealkylation sites (tertiary alicyclic amines) is 1. The van der Waals surface area contributed by atoms with Crippen LogP contribution in [0.25, 0.3) is 0 Å². The number of benzene rings is 1. The van der Waals surface area contributed by atoms with Gasteiger partial charge < -0.3 is 14.7 Å². The Balaban J connectivity index is 2.14. The molecule has 1 aromatic rings. The minimum atomic E-state index is -0.900. The summed E-state index contributed by atoms with van der Waals surface area (Å²) in [4.78, 5) is 24.7. The summed E-state index contributed by atoms with van der Waals surface area (Å²) in [7, 11) is 1.35. The smallest absolute Gasteiger partial charge is 0.308 e. The zero-order chi connectivity index (χ0) is 14.7. The van der Waals surface area contributed by atoms with Crippen molar-refractivity contribution >= 4 is 11.9 Å². The standard InChI is InChI=1S/C14H16FNO4/c1-20-12-5-4-9(7-11(12)15)13(17)16-6-2-3-10(8-16)14(18)19/h4-5,7,10H,2-3,6,8H2,1H3,(H,18,19)/t10-/m1/s1. The maximum absolute atomic E-state index is 13.6. The van der Waals surface area contributed by atoms with Crippen LogP contribution in [0.5, 0.6) is 5.75 Å². The lowest BCUT2D eigenvalue weighted by atomic mass is 9.97. The van der Waals surface area contributed by atoms with Crippen LogP contribution in [0.3, 0.4) is 0 Å². The van der Waals surface area contributed by atoms with Gasteiger partial charge in [0.1, 0.15) is 0 Å². The number of carboxylic acids is 1. The first-order valence-electron chi connectivity index (χ1n) is 6.38. The normalized spacial score (nSPS) is 18.7. The van der Waals surface area contributed by atoms with Crippen molar-refractivity contribution in [2.75, 3.05) is 20.2 Å². The molecular weight excluding hydrogens is 265 g/mol. The summed E-state index contributed by atoms with van der Waals surface area (Å²) in [5.41, 5.74) is 0.203. The highest BCUT2D eigenvalue weighted by Crippen LogP contribution is 2.22. The predicted octanol–water partition coefficient (Wildman–Crippen LogP) is 1.77. The number of carboxylic acid groups (broad SMARTS) is 1. The number of piperidine rings is 1. The molecule has 0 bridgehead atoms. The van der Waals surface area contributed by atoms with Crippen LogP contribution in [0.4, 0.5) is 4.39 Å².